The standard InChI is InChI=1S/C6H7N5/c1-3-2-8-4-5(7)10-11-6(4)9-3/h2,5H,7H2,1H3. The predicted octanol–water partition coefficient (Wildman–Crippen LogP) is 0.840. The van der Waals surface area contributed by atoms with Crippen LogP contribution in [0.2, 0.25) is 0 Å². The van der Waals surface area contributed by atoms with E-state index in [0.717, 1.165) is 5.69 Å². The Labute approximate surface area is 63.4 Å². The van der Waals surface area contributed by atoms with E-state index in [-0.39, 0.29) is 0 Å². The lowest BCUT2D eigenvalue weighted by molar-refractivity contribution is 0.743. The van der Waals surface area contributed by atoms with Crippen molar-refractivity contribution < 1.29 is 0 Å². The Morgan fingerprint density at radius 1 is 1.55 bits per heavy atom. The number of aromatic nitrogens is 2. The number of hydrogen-bond donors (Lipinski definition) is 1. The maximum atomic E-state index is 5.53. The second-order valence-electron chi connectivity index (χ2n) is 2.38. The maximum Gasteiger partial charge on any atom is 0.199 e. The minimum atomic E-state index is -0.418. The molecule has 11 heavy (non-hydrogen) atoms. The fourth-order valence-corrected chi connectivity index (χ4v) is 0.928. The number of hydrogen-bond acceptors (Lipinski definition) is 5. The van der Waals surface area contributed by atoms with Crippen LogP contribution in [0.5, 0.6) is 0 Å². The summed E-state index contributed by atoms with van der Waals surface area (Å²) in [6.45, 7) is 1.85. The molecular weight excluding hydrogens is 142 g/mol. The third-order valence-corrected chi connectivity index (χ3v) is 1.46. The molecule has 5 nitrogen and oxygen atoms in total. The van der Waals surface area contributed by atoms with Gasteiger partial charge in [0.25, 0.3) is 0 Å². The molecule has 1 aliphatic heterocycles. The summed E-state index contributed by atoms with van der Waals surface area (Å²) in [7, 11) is 0. The van der Waals surface area contributed by atoms with Crippen LogP contribution in [-0.4, -0.2) is 9.97 Å². The number of nitrogens with zero attached hydrogens (tertiary/aromatic N) is 4. The van der Waals surface area contributed by atoms with Crippen LogP contribution in [0.25, 0.3) is 0 Å². The lowest BCUT2D eigenvalue weighted by Crippen LogP contribution is -2.06. The minimum Gasteiger partial charge on any atom is -0.303 e. The Hall–Kier alpha value is -1.36. The molecule has 0 bridgehead atoms. The monoisotopic (exact) mass is 149 g/mol. The molecule has 5 heteroatoms. The highest BCUT2D eigenvalue weighted by atomic mass is 15.3. The summed E-state index contributed by atoms with van der Waals surface area (Å²) in [4.78, 5) is 8.17. The highest BCUT2D eigenvalue weighted by Crippen LogP contribution is 2.27. The molecule has 2 heterocycles. The Bertz CT molecular complexity index is 319. The molecule has 0 amide bonds. The molecule has 1 unspecified atom stereocenters. The van der Waals surface area contributed by atoms with Gasteiger partial charge in [0, 0.05) is 6.20 Å². The van der Waals surface area contributed by atoms with E-state index in [1.54, 1.807) is 6.20 Å². The number of rotatable bonds is 0. The average molecular weight is 149 g/mol. The minimum absolute atomic E-state index is 0.418. The van der Waals surface area contributed by atoms with Gasteiger partial charge in [0.15, 0.2) is 12.0 Å². The number of nitrogens with two attached hydrogens (primary N) is 1. The second-order valence-corrected chi connectivity index (χ2v) is 2.38. The lowest BCUT2D eigenvalue weighted by atomic mass is 10.3. The van der Waals surface area contributed by atoms with Gasteiger partial charge in [-0.2, -0.15) is 5.11 Å². The van der Waals surface area contributed by atoms with Crippen LogP contribution >= 0.6 is 0 Å². The molecule has 2 N–H and O–H groups in total. The van der Waals surface area contributed by atoms with Gasteiger partial charge in [-0.05, 0) is 6.92 Å². The van der Waals surface area contributed by atoms with Crippen LogP contribution in [0.1, 0.15) is 17.6 Å². The van der Waals surface area contributed by atoms with Gasteiger partial charge in [0.1, 0.15) is 5.69 Å². The normalized spacial score (nSPS) is 20.4. The van der Waals surface area contributed by atoms with E-state index in [1.165, 1.54) is 0 Å². The molecule has 1 aromatic heterocycles. The van der Waals surface area contributed by atoms with Gasteiger partial charge in [-0.15, -0.1) is 5.11 Å². The molecule has 0 aromatic carbocycles. The zero-order valence-electron chi connectivity index (χ0n) is 6.02. The number of aryl methyl sites for hydroxylation is 1. The summed E-state index contributed by atoms with van der Waals surface area (Å²) in [6, 6.07) is 0. The SMILES string of the molecule is Cc1cnc2c(n1)N=NC2N. The second kappa shape index (κ2) is 2.06. The molecule has 56 valence electrons. The van der Waals surface area contributed by atoms with Crippen LogP contribution in [-0.2, 0) is 0 Å². The van der Waals surface area contributed by atoms with E-state index in [9.17, 15) is 0 Å². The van der Waals surface area contributed by atoms with E-state index in [1.807, 2.05) is 6.92 Å². The first-order valence-corrected chi connectivity index (χ1v) is 3.27. The van der Waals surface area contributed by atoms with Gasteiger partial charge >= 0.3 is 0 Å². The van der Waals surface area contributed by atoms with Crippen LogP contribution in [0.4, 0.5) is 5.82 Å². The van der Waals surface area contributed by atoms with Crippen LogP contribution < -0.4 is 5.73 Å². The van der Waals surface area contributed by atoms with Crippen molar-refractivity contribution in [1.82, 2.24) is 9.97 Å². The topological polar surface area (TPSA) is 76.5 Å². The molecule has 2 rings (SSSR count). The van der Waals surface area contributed by atoms with Crippen molar-refractivity contribution in [3.8, 4) is 0 Å². The van der Waals surface area contributed by atoms with Gasteiger partial charge in [0.2, 0.25) is 0 Å². The molecule has 0 saturated carbocycles. The number of azo groups is 1. The Morgan fingerprint density at radius 3 is 3.18 bits per heavy atom. The predicted molar refractivity (Wildman–Crippen MR) is 38.2 cm³/mol. The van der Waals surface area contributed by atoms with Gasteiger partial charge < -0.3 is 5.73 Å². The van der Waals surface area contributed by atoms with Gasteiger partial charge in [-0.1, -0.05) is 0 Å². The van der Waals surface area contributed by atoms with Crippen molar-refractivity contribution in [2.24, 2.45) is 16.0 Å². The Morgan fingerprint density at radius 2 is 2.36 bits per heavy atom. The van der Waals surface area contributed by atoms with Crippen molar-refractivity contribution in [1.29, 1.82) is 0 Å². The summed E-state index contributed by atoms with van der Waals surface area (Å²) in [5.41, 5.74) is 7.03. The number of fused-ring (bicyclic) bond motifs is 1. The molecule has 0 spiro atoms. The van der Waals surface area contributed by atoms with Crippen molar-refractivity contribution >= 4 is 5.82 Å². The van der Waals surface area contributed by atoms with Crippen molar-refractivity contribution in [3.63, 3.8) is 0 Å². The van der Waals surface area contributed by atoms with Gasteiger partial charge in [-0.25, -0.2) is 4.98 Å². The summed E-state index contributed by atoms with van der Waals surface area (Å²) in [5, 5.41) is 7.49. The van der Waals surface area contributed by atoms with Gasteiger partial charge in [0.05, 0.1) is 5.69 Å². The zero-order chi connectivity index (χ0) is 7.84. The fourth-order valence-electron chi connectivity index (χ4n) is 0.928. The first-order chi connectivity index (χ1) is 5.27. The van der Waals surface area contributed by atoms with Crippen LogP contribution in [0.15, 0.2) is 16.4 Å². The molecule has 0 radical (unpaired) electrons. The fraction of sp³-hybridized carbons (Fsp3) is 0.333. The van der Waals surface area contributed by atoms with Crippen molar-refractivity contribution in [2.45, 2.75) is 13.1 Å². The molecule has 1 aliphatic rings. The average Bonchev–Trinajstić information content (AvgIpc) is 2.32. The van der Waals surface area contributed by atoms with Gasteiger partial charge in [-0.3, -0.25) is 4.98 Å². The third-order valence-electron chi connectivity index (χ3n) is 1.46. The molecule has 0 saturated heterocycles. The molecule has 0 fully saturated rings. The van der Waals surface area contributed by atoms with E-state index < -0.39 is 6.17 Å². The van der Waals surface area contributed by atoms with Crippen LogP contribution in [0.3, 0.4) is 0 Å². The Balaban J connectivity index is 2.58. The third kappa shape index (κ3) is 0.894. The summed E-state index contributed by atoms with van der Waals surface area (Å²) < 4.78 is 0. The van der Waals surface area contributed by atoms with Crippen molar-refractivity contribution in [3.05, 3.63) is 17.6 Å². The summed E-state index contributed by atoms with van der Waals surface area (Å²) in [6.07, 6.45) is 1.24. The molecule has 1 aromatic rings. The highest BCUT2D eigenvalue weighted by Gasteiger charge is 2.18. The quantitative estimate of drug-likeness (QED) is 0.593. The first kappa shape index (κ1) is 6.36. The molecule has 0 aliphatic carbocycles. The maximum absolute atomic E-state index is 5.53. The smallest absolute Gasteiger partial charge is 0.199 e. The zero-order valence-corrected chi connectivity index (χ0v) is 6.02. The van der Waals surface area contributed by atoms with E-state index in [2.05, 4.69) is 20.2 Å². The van der Waals surface area contributed by atoms with Crippen LogP contribution in [0, 0.1) is 6.92 Å². The van der Waals surface area contributed by atoms with Crippen molar-refractivity contribution in [2.75, 3.05) is 0 Å². The van der Waals surface area contributed by atoms with E-state index in [4.69, 9.17) is 5.73 Å². The first-order valence-electron chi connectivity index (χ1n) is 3.27. The largest absolute Gasteiger partial charge is 0.303 e. The molecular formula is C6H7N5. The summed E-state index contributed by atoms with van der Waals surface area (Å²) >= 11 is 0. The van der Waals surface area contributed by atoms with E-state index in [0.29, 0.717) is 11.5 Å². The lowest BCUT2D eigenvalue weighted by Gasteiger charge is -1.97. The Kier molecular flexibility index (Phi) is 1.19. The van der Waals surface area contributed by atoms with E-state index >= 15 is 0 Å². The molecule has 1 atom stereocenters. The summed E-state index contributed by atoms with van der Waals surface area (Å²) in [5.74, 6) is 0.553. The highest BCUT2D eigenvalue weighted by molar-refractivity contribution is 5.37.